The SMILES string of the molecule is COc1cccc(OC)c1/C=C/[C@](C)(O)CC[C@@H]1[C@@]2(C)CCCC(C)(C)[C@@H]2CC[C@@]1(C)O. The molecule has 1 aromatic carbocycles. The second-order valence-electron chi connectivity index (χ2n) is 11.7. The number of aliphatic hydroxyl groups is 2. The second-order valence-corrected chi connectivity index (χ2v) is 11.7. The van der Waals surface area contributed by atoms with Gasteiger partial charge in [0.2, 0.25) is 0 Å². The van der Waals surface area contributed by atoms with Crippen LogP contribution in [0.4, 0.5) is 0 Å². The maximum absolute atomic E-state index is 11.4. The summed E-state index contributed by atoms with van der Waals surface area (Å²) >= 11 is 0. The molecule has 2 N–H and O–H groups in total. The molecule has 32 heavy (non-hydrogen) atoms. The van der Waals surface area contributed by atoms with E-state index in [-0.39, 0.29) is 11.3 Å². The van der Waals surface area contributed by atoms with Crippen molar-refractivity contribution in [2.75, 3.05) is 14.2 Å². The van der Waals surface area contributed by atoms with Gasteiger partial charge in [-0.3, -0.25) is 0 Å². The Labute approximate surface area is 195 Å². The zero-order valence-electron chi connectivity index (χ0n) is 21.2. The molecule has 0 spiro atoms. The predicted octanol–water partition coefficient (Wildman–Crippen LogP) is 6.24. The lowest BCUT2D eigenvalue weighted by atomic mass is 9.45. The van der Waals surface area contributed by atoms with Crippen LogP contribution in [0.3, 0.4) is 0 Å². The van der Waals surface area contributed by atoms with Gasteiger partial charge in [0, 0.05) is 0 Å². The standard InChI is InChI=1S/C28H44O4/c1-25(2)15-9-16-27(4)23(25)14-19-28(5,30)24(27)13-18-26(3,29)17-12-20-21(31-6)10-8-11-22(20)32-7/h8,10-12,17,23-24,29-30H,9,13-16,18-19H2,1-7H3/b17-12+/t23-,24+,26-,27-,28+/m0/s1. The number of rotatable bonds is 7. The van der Waals surface area contributed by atoms with Gasteiger partial charge in [-0.2, -0.15) is 0 Å². The first kappa shape index (κ1) is 25.1. The van der Waals surface area contributed by atoms with E-state index in [0.717, 1.165) is 31.2 Å². The Bertz CT molecular complexity index is 800. The van der Waals surface area contributed by atoms with Crippen molar-refractivity contribution in [2.24, 2.45) is 22.7 Å². The van der Waals surface area contributed by atoms with Crippen LogP contribution in [0.2, 0.25) is 0 Å². The molecule has 0 heterocycles. The van der Waals surface area contributed by atoms with Gasteiger partial charge in [0.1, 0.15) is 11.5 Å². The zero-order valence-corrected chi connectivity index (χ0v) is 21.2. The van der Waals surface area contributed by atoms with E-state index in [9.17, 15) is 10.2 Å². The molecule has 0 unspecified atom stereocenters. The van der Waals surface area contributed by atoms with Crippen molar-refractivity contribution in [3.8, 4) is 11.5 Å². The highest BCUT2D eigenvalue weighted by Crippen LogP contribution is 2.63. The molecule has 4 heteroatoms. The average molecular weight is 445 g/mol. The van der Waals surface area contributed by atoms with Gasteiger partial charge in [0.15, 0.2) is 0 Å². The summed E-state index contributed by atoms with van der Waals surface area (Å²) in [6, 6.07) is 5.67. The van der Waals surface area contributed by atoms with E-state index in [1.54, 1.807) is 14.2 Å². The van der Waals surface area contributed by atoms with E-state index >= 15 is 0 Å². The average Bonchev–Trinajstić information content (AvgIpc) is 2.70. The van der Waals surface area contributed by atoms with Crippen molar-refractivity contribution in [3.63, 3.8) is 0 Å². The molecule has 0 bridgehead atoms. The van der Waals surface area contributed by atoms with Crippen molar-refractivity contribution in [2.45, 2.75) is 90.8 Å². The van der Waals surface area contributed by atoms with Crippen molar-refractivity contribution in [1.82, 2.24) is 0 Å². The van der Waals surface area contributed by atoms with Gasteiger partial charge in [-0.25, -0.2) is 0 Å². The molecule has 3 rings (SSSR count). The van der Waals surface area contributed by atoms with Crippen LogP contribution in [-0.4, -0.2) is 35.6 Å². The second kappa shape index (κ2) is 9.02. The summed E-state index contributed by atoms with van der Waals surface area (Å²) in [6.45, 7) is 11.1. The van der Waals surface area contributed by atoms with Crippen LogP contribution in [0.1, 0.15) is 85.1 Å². The third-order valence-corrected chi connectivity index (χ3v) is 8.78. The maximum atomic E-state index is 11.4. The monoisotopic (exact) mass is 444 g/mol. The molecule has 2 fully saturated rings. The normalized spacial score (nSPS) is 34.0. The van der Waals surface area contributed by atoms with Gasteiger partial charge in [0.05, 0.1) is 31.0 Å². The van der Waals surface area contributed by atoms with Crippen molar-refractivity contribution >= 4 is 6.08 Å². The molecule has 5 atom stereocenters. The van der Waals surface area contributed by atoms with Crippen LogP contribution in [0, 0.1) is 22.7 Å². The lowest BCUT2D eigenvalue weighted by Crippen LogP contribution is -2.57. The summed E-state index contributed by atoms with van der Waals surface area (Å²) < 4.78 is 11.0. The van der Waals surface area contributed by atoms with Crippen molar-refractivity contribution in [3.05, 3.63) is 29.8 Å². The van der Waals surface area contributed by atoms with Crippen LogP contribution in [0.15, 0.2) is 24.3 Å². The van der Waals surface area contributed by atoms with Gasteiger partial charge >= 0.3 is 0 Å². The van der Waals surface area contributed by atoms with E-state index in [0.29, 0.717) is 29.3 Å². The first-order valence-corrected chi connectivity index (χ1v) is 12.2. The fourth-order valence-electron chi connectivity index (χ4n) is 7.09. The molecule has 0 saturated heterocycles. The predicted molar refractivity (Wildman–Crippen MR) is 131 cm³/mol. The molecule has 0 radical (unpaired) electrons. The zero-order chi connectivity index (χ0) is 23.8. The van der Waals surface area contributed by atoms with Crippen LogP contribution in [0.5, 0.6) is 11.5 Å². The number of methoxy groups -OCH3 is 2. The van der Waals surface area contributed by atoms with E-state index in [1.165, 1.54) is 12.8 Å². The summed E-state index contributed by atoms with van der Waals surface area (Å²) in [4.78, 5) is 0. The Balaban J connectivity index is 1.80. The minimum atomic E-state index is -0.991. The number of hydrogen-bond donors (Lipinski definition) is 2. The highest BCUT2D eigenvalue weighted by atomic mass is 16.5. The van der Waals surface area contributed by atoms with Crippen LogP contribution < -0.4 is 9.47 Å². The number of benzene rings is 1. The topological polar surface area (TPSA) is 58.9 Å². The van der Waals surface area contributed by atoms with Gasteiger partial charge in [-0.15, -0.1) is 0 Å². The number of ether oxygens (including phenoxy) is 2. The maximum Gasteiger partial charge on any atom is 0.129 e. The molecule has 180 valence electrons. The number of fused-ring (bicyclic) bond motifs is 1. The Morgan fingerprint density at radius 1 is 1.06 bits per heavy atom. The van der Waals surface area contributed by atoms with Crippen molar-refractivity contribution < 1.29 is 19.7 Å². The summed E-state index contributed by atoms with van der Waals surface area (Å²) in [6.07, 6.45) is 10.7. The fourth-order valence-corrected chi connectivity index (χ4v) is 7.09. The van der Waals surface area contributed by atoms with Crippen LogP contribution in [0.25, 0.3) is 6.08 Å². The van der Waals surface area contributed by atoms with E-state index in [1.807, 2.05) is 44.2 Å². The van der Waals surface area contributed by atoms with Crippen LogP contribution in [-0.2, 0) is 0 Å². The van der Waals surface area contributed by atoms with Crippen LogP contribution >= 0.6 is 0 Å². The summed E-state index contributed by atoms with van der Waals surface area (Å²) in [5.74, 6) is 2.22. The summed E-state index contributed by atoms with van der Waals surface area (Å²) in [5.41, 5.74) is -0.442. The minimum absolute atomic E-state index is 0.106. The Morgan fingerprint density at radius 2 is 1.69 bits per heavy atom. The lowest BCUT2D eigenvalue weighted by Gasteiger charge is -2.61. The molecular weight excluding hydrogens is 400 g/mol. The third kappa shape index (κ3) is 4.87. The largest absolute Gasteiger partial charge is 0.496 e. The molecule has 0 amide bonds. The molecular formula is C28H44O4. The summed E-state index contributed by atoms with van der Waals surface area (Å²) in [7, 11) is 3.27. The van der Waals surface area contributed by atoms with Gasteiger partial charge in [0.25, 0.3) is 0 Å². The lowest BCUT2D eigenvalue weighted by molar-refractivity contribution is -0.171. The Morgan fingerprint density at radius 3 is 2.28 bits per heavy atom. The van der Waals surface area contributed by atoms with E-state index < -0.39 is 11.2 Å². The van der Waals surface area contributed by atoms with Gasteiger partial charge < -0.3 is 19.7 Å². The minimum Gasteiger partial charge on any atom is -0.496 e. The Kier molecular flexibility index (Phi) is 7.08. The fraction of sp³-hybridized carbons (Fsp3) is 0.714. The first-order valence-electron chi connectivity index (χ1n) is 12.2. The summed E-state index contributed by atoms with van der Waals surface area (Å²) in [5, 5.41) is 22.7. The highest BCUT2D eigenvalue weighted by molar-refractivity contribution is 5.65. The van der Waals surface area contributed by atoms with Crippen molar-refractivity contribution in [1.29, 1.82) is 0 Å². The number of hydrogen-bond acceptors (Lipinski definition) is 4. The molecule has 0 aliphatic heterocycles. The quantitative estimate of drug-likeness (QED) is 0.522. The van der Waals surface area contributed by atoms with Gasteiger partial charge in [-0.05, 0) is 93.2 Å². The third-order valence-electron chi connectivity index (χ3n) is 8.78. The highest BCUT2D eigenvalue weighted by Gasteiger charge is 2.57. The van der Waals surface area contributed by atoms with E-state index in [4.69, 9.17) is 9.47 Å². The first-order chi connectivity index (χ1) is 14.9. The molecule has 2 saturated carbocycles. The molecule has 1 aromatic rings. The molecule has 0 aromatic heterocycles. The molecule has 2 aliphatic rings. The van der Waals surface area contributed by atoms with E-state index in [2.05, 4.69) is 20.8 Å². The molecule has 4 nitrogen and oxygen atoms in total. The smallest absolute Gasteiger partial charge is 0.129 e. The van der Waals surface area contributed by atoms with Gasteiger partial charge in [-0.1, -0.05) is 39.3 Å². The molecule has 2 aliphatic carbocycles. The Hall–Kier alpha value is -1.52.